The first-order chi connectivity index (χ1) is 4.81. The van der Waals surface area contributed by atoms with E-state index < -0.39 is 17.9 Å². The van der Waals surface area contributed by atoms with Crippen LogP contribution in [0.5, 0.6) is 0 Å². The van der Waals surface area contributed by atoms with Crippen molar-refractivity contribution in [1.82, 2.24) is 0 Å². The summed E-state index contributed by atoms with van der Waals surface area (Å²) >= 11 is 0. The number of carbonyl (C=O) groups is 2. The van der Waals surface area contributed by atoms with Gasteiger partial charge in [-0.05, 0) is 20.8 Å². The summed E-state index contributed by atoms with van der Waals surface area (Å²) in [5.74, 6) is 0. The largest absolute Gasteiger partial charge is 1.00 e. The Morgan fingerprint density at radius 2 is 1.67 bits per heavy atom. The third-order valence-electron chi connectivity index (χ3n) is 0.556. The van der Waals surface area contributed by atoms with E-state index in [0.717, 1.165) is 0 Å². The van der Waals surface area contributed by atoms with Crippen LogP contribution in [0.25, 0.3) is 0 Å². The molecule has 64 valence electrons. The quantitative estimate of drug-likeness (QED) is 0.241. The molecule has 0 saturated heterocycles. The van der Waals surface area contributed by atoms with Crippen LogP contribution in [0.15, 0.2) is 0 Å². The van der Waals surface area contributed by atoms with Crippen LogP contribution in [0.2, 0.25) is 0 Å². The summed E-state index contributed by atoms with van der Waals surface area (Å²) in [6.45, 7) is 4.76. The van der Waals surface area contributed by atoms with Gasteiger partial charge in [-0.3, -0.25) is 0 Å². The smallest absolute Gasteiger partial charge is 0.453 e. The van der Waals surface area contributed by atoms with Gasteiger partial charge in [0, 0.05) is 0 Å². The van der Waals surface area contributed by atoms with Crippen LogP contribution in [-0.2, 0) is 9.47 Å². The fourth-order valence-electron chi connectivity index (χ4n) is 0.339. The summed E-state index contributed by atoms with van der Waals surface area (Å²) in [6, 6.07) is 0. The molecule has 0 aliphatic rings. The summed E-state index contributed by atoms with van der Waals surface area (Å²) in [5.41, 5.74) is -0.757. The normalized spacial score (nSPS) is 9.58. The summed E-state index contributed by atoms with van der Waals surface area (Å²) in [6.07, 6.45) is -3.18. The Hall–Kier alpha value is 0.376. The molecule has 0 heterocycles. The maximum Gasteiger partial charge on any atom is 1.00 e. The summed E-state index contributed by atoms with van der Waals surface area (Å²) in [7, 11) is 0. The summed E-state index contributed by atoms with van der Waals surface area (Å²) in [5, 5.41) is 9.66. The van der Waals surface area contributed by atoms with Gasteiger partial charge in [0.15, 0.2) is 0 Å². The fourth-order valence-corrected chi connectivity index (χ4v) is 0.339. The van der Waals surface area contributed by atoms with Gasteiger partial charge in [-0.1, -0.05) is 0 Å². The second-order valence-corrected chi connectivity index (χ2v) is 2.82. The molecule has 0 aliphatic heterocycles. The third kappa shape index (κ3) is 10.4. The Labute approximate surface area is 113 Å². The molecule has 6 heteroatoms. The number of carboxylic acid groups (broad SMARTS) is 1. The van der Waals surface area contributed by atoms with E-state index in [-0.39, 0.29) is 51.4 Å². The number of ether oxygens (including phenoxy) is 2. The van der Waals surface area contributed by atoms with Gasteiger partial charge in [0.25, 0.3) is 6.16 Å². The molecule has 0 aromatic carbocycles. The molecule has 0 amide bonds. The maximum absolute atomic E-state index is 10.4. The van der Waals surface area contributed by atoms with Crippen molar-refractivity contribution in [3.05, 3.63) is 0 Å². The summed E-state index contributed by atoms with van der Waals surface area (Å²) in [4.78, 5) is 20.1. The van der Waals surface area contributed by atoms with Crippen LogP contribution in [-0.4, -0.2) is 17.9 Å². The zero-order valence-electron chi connectivity index (χ0n) is 7.54. The van der Waals surface area contributed by atoms with Crippen LogP contribution >= 0.6 is 0 Å². The average Bonchev–Trinajstić information content (AvgIpc) is 1.53. The molecule has 0 saturated carbocycles. The minimum atomic E-state index is -1.92. The van der Waals surface area contributed by atoms with Gasteiger partial charge in [0.05, 0.1) is 0 Å². The van der Waals surface area contributed by atoms with E-state index in [1.807, 2.05) is 0 Å². The second-order valence-electron chi connectivity index (χ2n) is 2.82. The third-order valence-corrected chi connectivity index (χ3v) is 0.556. The first kappa shape index (κ1) is 14.9. The van der Waals surface area contributed by atoms with Crippen LogP contribution in [0.4, 0.5) is 9.59 Å². The van der Waals surface area contributed by atoms with E-state index in [1.54, 1.807) is 20.8 Å². The molecule has 12 heavy (non-hydrogen) atoms. The second kappa shape index (κ2) is 5.93. The van der Waals surface area contributed by atoms with E-state index in [2.05, 4.69) is 9.47 Å². The van der Waals surface area contributed by atoms with Crippen molar-refractivity contribution in [2.24, 2.45) is 0 Å². The van der Waals surface area contributed by atoms with Gasteiger partial charge in [-0.15, -0.1) is 0 Å². The zero-order valence-corrected chi connectivity index (χ0v) is 10.7. The Bertz CT molecular complexity index is 171. The predicted molar refractivity (Wildman–Crippen MR) is 32.7 cm³/mol. The van der Waals surface area contributed by atoms with Crippen molar-refractivity contribution in [3.8, 4) is 0 Å². The van der Waals surface area contributed by atoms with Gasteiger partial charge < -0.3 is 19.4 Å². The molecule has 5 nitrogen and oxygen atoms in total. The Morgan fingerprint density at radius 1 is 1.25 bits per heavy atom. The van der Waals surface area contributed by atoms with E-state index in [0.29, 0.717) is 0 Å². The van der Waals surface area contributed by atoms with Crippen molar-refractivity contribution in [2.45, 2.75) is 26.4 Å². The van der Waals surface area contributed by atoms with Crippen LogP contribution in [0.3, 0.4) is 0 Å². The van der Waals surface area contributed by atoms with Crippen LogP contribution < -0.4 is 56.5 Å². The topological polar surface area (TPSA) is 75.7 Å². The predicted octanol–water partition coefficient (Wildman–Crippen LogP) is -2.71. The molecule has 0 N–H and O–H groups in total. The molecule has 0 unspecified atom stereocenters. The van der Waals surface area contributed by atoms with E-state index in [9.17, 15) is 14.7 Å². The minimum Gasteiger partial charge on any atom is -0.453 e. The van der Waals surface area contributed by atoms with Crippen molar-refractivity contribution in [3.63, 3.8) is 0 Å². The molecule has 0 spiro atoms. The SMILES string of the molecule is CC(C)(C)OC(=O)OC(=O)[O-].[K+]. The molecule has 0 fully saturated rings. The number of hydrogen-bond donors (Lipinski definition) is 0. The Kier molecular flexibility index (Phi) is 7.35. The van der Waals surface area contributed by atoms with Crippen LogP contribution in [0.1, 0.15) is 20.8 Å². The molecule has 0 radical (unpaired) electrons. The fraction of sp³-hybridized carbons (Fsp3) is 0.667. The van der Waals surface area contributed by atoms with Crippen LogP contribution in [0, 0.1) is 0 Å². The Balaban J connectivity index is 0. The van der Waals surface area contributed by atoms with E-state index >= 15 is 0 Å². The number of carbonyl (C=O) groups excluding carboxylic acids is 2. The van der Waals surface area contributed by atoms with Crippen molar-refractivity contribution >= 4 is 12.3 Å². The summed E-state index contributed by atoms with van der Waals surface area (Å²) < 4.78 is 8.04. The van der Waals surface area contributed by atoms with Gasteiger partial charge >= 0.3 is 57.5 Å². The van der Waals surface area contributed by atoms with Gasteiger partial charge in [-0.2, -0.15) is 0 Å². The molecular weight excluding hydrogens is 191 g/mol. The number of hydrogen-bond acceptors (Lipinski definition) is 5. The van der Waals surface area contributed by atoms with Gasteiger partial charge in [0.1, 0.15) is 5.60 Å². The molecule has 0 bridgehead atoms. The minimum absolute atomic E-state index is 0. The van der Waals surface area contributed by atoms with Crippen molar-refractivity contribution in [2.75, 3.05) is 0 Å². The molecular formula is C6H9KO5. The van der Waals surface area contributed by atoms with Gasteiger partial charge in [0.2, 0.25) is 0 Å². The standard InChI is InChI=1S/C6H10O5.K/c1-6(2,3)11-5(9)10-4(7)8;/h1-3H3,(H,7,8);/q;+1/p-1. The van der Waals surface area contributed by atoms with E-state index in [1.165, 1.54) is 0 Å². The first-order valence-corrected chi connectivity index (χ1v) is 2.93. The van der Waals surface area contributed by atoms with Crippen molar-refractivity contribution < 1.29 is 75.6 Å². The van der Waals surface area contributed by atoms with Gasteiger partial charge in [-0.25, -0.2) is 4.79 Å². The number of rotatable bonds is 0. The maximum atomic E-state index is 10.4. The Morgan fingerprint density at radius 3 is 1.92 bits per heavy atom. The van der Waals surface area contributed by atoms with Crippen molar-refractivity contribution in [1.29, 1.82) is 0 Å². The van der Waals surface area contributed by atoms with E-state index in [4.69, 9.17) is 0 Å². The monoisotopic (exact) mass is 200 g/mol. The molecule has 0 rings (SSSR count). The average molecular weight is 200 g/mol. The molecule has 0 aliphatic carbocycles. The molecule has 0 aromatic rings. The first-order valence-electron chi connectivity index (χ1n) is 2.93. The molecule has 0 aromatic heterocycles. The zero-order chi connectivity index (χ0) is 9.07. The molecule has 0 atom stereocenters.